The zero-order valence-electron chi connectivity index (χ0n) is 10.1. The Morgan fingerprint density at radius 2 is 2.06 bits per heavy atom. The van der Waals surface area contributed by atoms with Crippen LogP contribution in [0.15, 0.2) is 12.1 Å². The van der Waals surface area contributed by atoms with E-state index < -0.39 is 11.6 Å². The molecule has 0 spiro atoms. The standard InChI is InChI=1S/C13H15F2N3/c1-8-4-10(2-3-17-8)18-13-11(14)5-9(7-16)6-12(13)15/h5-6,8,10,17-18H,2-4H2,1H3. The van der Waals surface area contributed by atoms with Crippen LogP contribution in [-0.4, -0.2) is 18.6 Å². The fraction of sp³-hybridized carbons (Fsp3) is 0.462. The highest BCUT2D eigenvalue weighted by atomic mass is 19.1. The van der Waals surface area contributed by atoms with Crippen molar-refractivity contribution in [1.29, 1.82) is 5.26 Å². The number of halogens is 2. The van der Waals surface area contributed by atoms with Crippen molar-refractivity contribution in [2.45, 2.75) is 31.8 Å². The molecule has 0 bridgehead atoms. The van der Waals surface area contributed by atoms with Crippen LogP contribution in [0.1, 0.15) is 25.3 Å². The first-order chi connectivity index (χ1) is 8.60. The maximum Gasteiger partial charge on any atom is 0.150 e. The number of anilines is 1. The van der Waals surface area contributed by atoms with Gasteiger partial charge in [-0.05, 0) is 38.4 Å². The van der Waals surface area contributed by atoms with Crippen LogP contribution in [-0.2, 0) is 0 Å². The van der Waals surface area contributed by atoms with E-state index in [0.717, 1.165) is 31.5 Å². The second-order valence-electron chi connectivity index (χ2n) is 4.65. The average Bonchev–Trinajstić information content (AvgIpc) is 2.33. The monoisotopic (exact) mass is 251 g/mol. The van der Waals surface area contributed by atoms with E-state index in [4.69, 9.17) is 5.26 Å². The van der Waals surface area contributed by atoms with Crippen molar-refractivity contribution in [3.63, 3.8) is 0 Å². The molecule has 0 saturated carbocycles. The van der Waals surface area contributed by atoms with Crippen LogP contribution in [0.5, 0.6) is 0 Å². The Balaban J connectivity index is 2.16. The summed E-state index contributed by atoms with van der Waals surface area (Å²) in [5.41, 5.74) is -0.137. The molecule has 2 rings (SSSR count). The molecule has 2 unspecified atom stereocenters. The number of nitrogens with zero attached hydrogens (tertiary/aromatic N) is 1. The van der Waals surface area contributed by atoms with Crippen molar-refractivity contribution < 1.29 is 8.78 Å². The predicted octanol–water partition coefficient (Wildman–Crippen LogP) is 2.39. The van der Waals surface area contributed by atoms with Gasteiger partial charge in [-0.3, -0.25) is 0 Å². The lowest BCUT2D eigenvalue weighted by molar-refractivity contribution is 0.394. The summed E-state index contributed by atoms with van der Waals surface area (Å²) in [5.74, 6) is -1.42. The molecule has 0 aromatic heterocycles. The normalized spacial score (nSPS) is 23.4. The van der Waals surface area contributed by atoms with Crippen LogP contribution in [0.4, 0.5) is 14.5 Å². The van der Waals surface area contributed by atoms with Crippen molar-refractivity contribution in [3.05, 3.63) is 29.3 Å². The number of hydrogen-bond acceptors (Lipinski definition) is 3. The summed E-state index contributed by atoms with van der Waals surface area (Å²) in [7, 11) is 0. The van der Waals surface area contributed by atoms with E-state index in [2.05, 4.69) is 10.6 Å². The molecule has 96 valence electrons. The summed E-state index contributed by atoms with van der Waals surface area (Å²) < 4.78 is 27.4. The van der Waals surface area contributed by atoms with Gasteiger partial charge in [-0.2, -0.15) is 5.26 Å². The minimum Gasteiger partial charge on any atom is -0.377 e. The van der Waals surface area contributed by atoms with Crippen LogP contribution < -0.4 is 10.6 Å². The lowest BCUT2D eigenvalue weighted by Crippen LogP contribution is -2.41. The summed E-state index contributed by atoms with van der Waals surface area (Å²) in [6, 6.07) is 4.22. The number of benzene rings is 1. The van der Waals surface area contributed by atoms with Gasteiger partial charge >= 0.3 is 0 Å². The molecular formula is C13H15F2N3. The Bertz CT molecular complexity index is 459. The lowest BCUT2D eigenvalue weighted by Gasteiger charge is -2.29. The minimum absolute atomic E-state index is 0.00534. The smallest absolute Gasteiger partial charge is 0.150 e. The lowest BCUT2D eigenvalue weighted by atomic mass is 10.00. The van der Waals surface area contributed by atoms with Crippen LogP contribution >= 0.6 is 0 Å². The fourth-order valence-electron chi connectivity index (χ4n) is 2.24. The molecule has 1 aliphatic rings. The molecule has 18 heavy (non-hydrogen) atoms. The van der Waals surface area contributed by atoms with E-state index in [9.17, 15) is 8.78 Å². The van der Waals surface area contributed by atoms with E-state index in [1.165, 1.54) is 0 Å². The number of hydrogen-bond donors (Lipinski definition) is 2. The van der Waals surface area contributed by atoms with Gasteiger partial charge in [0.25, 0.3) is 0 Å². The zero-order valence-corrected chi connectivity index (χ0v) is 10.1. The van der Waals surface area contributed by atoms with Crippen LogP contribution in [0, 0.1) is 23.0 Å². The zero-order chi connectivity index (χ0) is 13.1. The van der Waals surface area contributed by atoms with E-state index in [-0.39, 0.29) is 17.3 Å². The first-order valence-electron chi connectivity index (χ1n) is 5.99. The molecule has 1 aromatic rings. The van der Waals surface area contributed by atoms with E-state index in [1.807, 2.05) is 6.92 Å². The highest BCUT2D eigenvalue weighted by Gasteiger charge is 2.21. The molecule has 0 amide bonds. The summed E-state index contributed by atoms with van der Waals surface area (Å²) >= 11 is 0. The highest BCUT2D eigenvalue weighted by Crippen LogP contribution is 2.23. The van der Waals surface area contributed by atoms with Gasteiger partial charge in [-0.25, -0.2) is 8.78 Å². The fourth-order valence-corrected chi connectivity index (χ4v) is 2.24. The molecule has 1 fully saturated rings. The summed E-state index contributed by atoms with van der Waals surface area (Å²) in [4.78, 5) is 0. The molecule has 0 aliphatic carbocycles. The highest BCUT2D eigenvalue weighted by molar-refractivity contribution is 5.51. The first-order valence-corrected chi connectivity index (χ1v) is 5.99. The third-order valence-electron chi connectivity index (χ3n) is 3.14. The molecule has 1 aromatic carbocycles. The maximum absolute atomic E-state index is 13.7. The third-order valence-corrected chi connectivity index (χ3v) is 3.14. The van der Waals surface area contributed by atoms with Crippen molar-refractivity contribution in [1.82, 2.24) is 5.32 Å². The van der Waals surface area contributed by atoms with Gasteiger partial charge in [0.15, 0.2) is 11.6 Å². The minimum atomic E-state index is -0.710. The Labute approximate surface area is 105 Å². The topological polar surface area (TPSA) is 47.9 Å². The second-order valence-corrected chi connectivity index (χ2v) is 4.65. The van der Waals surface area contributed by atoms with Gasteiger partial charge in [0.05, 0.1) is 11.6 Å². The van der Waals surface area contributed by atoms with Crippen molar-refractivity contribution in [3.8, 4) is 6.07 Å². The molecule has 1 heterocycles. The van der Waals surface area contributed by atoms with Gasteiger partial charge in [0.1, 0.15) is 5.69 Å². The van der Waals surface area contributed by atoms with Crippen molar-refractivity contribution in [2.24, 2.45) is 0 Å². The Morgan fingerprint density at radius 1 is 1.39 bits per heavy atom. The van der Waals surface area contributed by atoms with Gasteiger partial charge < -0.3 is 10.6 Å². The molecule has 2 atom stereocenters. The van der Waals surface area contributed by atoms with Crippen molar-refractivity contribution in [2.75, 3.05) is 11.9 Å². The van der Waals surface area contributed by atoms with Gasteiger partial charge in [-0.15, -0.1) is 0 Å². The van der Waals surface area contributed by atoms with Gasteiger partial charge in [0, 0.05) is 12.1 Å². The van der Waals surface area contributed by atoms with E-state index in [0.29, 0.717) is 6.04 Å². The molecule has 5 heteroatoms. The largest absolute Gasteiger partial charge is 0.377 e. The molecule has 2 N–H and O–H groups in total. The summed E-state index contributed by atoms with van der Waals surface area (Å²) in [5, 5.41) is 14.8. The first kappa shape index (κ1) is 12.8. The predicted molar refractivity (Wildman–Crippen MR) is 65.2 cm³/mol. The average molecular weight is 251 g/mol. The number of nitriles is 1. The molecule has 0 radical (unpaired) electrons. The molecule has 1 aliphatic heterocycles. The van der Waals surface area contributed by atoms with E-state index >= 15 is 0 Å². The van der Waals surface area contributed by atoms with Crippen molar-refractivity contribution >= 4 is 5.69 Å². The number of rotatable bonds is 2. The number of piperidine rings is 1. The SMILES string of the molecule is CC1CC(Nc2c(F)cc(C#N)cc2F)CCN1. The van der Waals surface area contributed by atoms with Gasteiger partial charge in [0.2, 0.25) is 0 Å². The molecular weight excluding hydrogens is 236 g/mol. The molecule has 1 saturated heterocycles. The Hall–Kier alpha value is -1.67. The number of nitrogens with one attached hydrogen (secondary N) is 2. The maximum atomic E-state index is 13.7. The Morgan fingerprint density at radius 3 is 2.61 bits per heavy atom. The quantitative estimate of drug-likeness (QED) is 0.848. The van der Waals surface area contributed by atoms with Crippen LogP contribution in [0.25, 0.3) is 0 Å². The Kier molecular flexibility index (Phi) is 3.78. The van der Waals surface area contributed by atoms with Crippen LogP contribution in [0.3, 0.4) is 0 Å². The second kappa shape index (κ2) is 5.32. The molecule has 3 nitrogen and oxygen atoms in total. The van der Waals surface area contributed by atoms with E-state index in [1.54, 1.807) is 6.07 Å². The van der Waals surface area contributed by atoms with Crippen LogP contribution in [0.2, 0.25) is 0 Å². The third kappa shape index (κ3) is 2.77. The summed E-state index contributed by atoms with van der Waals surface area (Å²) in [6.07, 6.45) is 1.64. The van der Waals surface area contributed by atoms with Gasteiger partial charge in [-0.1, -0.05) is 0 Å². The summed E-state index contributed by atoms with van der Waals surface area (Å²) in [6.45, 7) is 2.87.